The molecule has 1 aromatic heterocycles. The van der Waals surface area contributed by atoms with Gasteiger partial charge in [-0.25, -0.2) is 14.2 Å². The summed E-state index contributed by atoms with van der Waals surface area (Å²) in [4.78, 5) is 16.2. The Morgan fingerprint density at radius 1 is 1.33 bits per heavy atom. The summed E-state index contributed by atoms with van der Waals surface area (Å²) >= 11 is 6.11. The third-order valence-electron chi connectivity index (χ3n) is 3.34. The first-order chi connectivity index (χ1) is 11.6. The number of halogens is 2. The number of aromatic nitrogens is 1. The number of alkyl carbamates (subject to hydrolysis) is 1. The van der Waals surface area contributed by atoms with Gasteiger partial charge in [-0.1, -0.05) is 29.8 Å². The molecule has 0 aliphatic rings. The second-order valence-electron chi connectivity index (χ2n) is 4.97. The zero-order chi connectivity index (χ0) is 17.1. The number of nitrogens with zero attached hydrogens (tertiary/aromatic N) is 1. The quantitative estimate of drug-likeness (QED) is 0.756. The van der Waals surface area contributed by atoms with Gasteiger partial charge in [-0.05, 0) is 31.2 Å². The van der Waals surface area contributed by atoms with E-state index >= 15 is 0 Å². The molecule has 1 N–H and O–H groups in total. The number of para-hydroxylation sites is 2. The number of fused-ring (bicyclic) bond motifs is 1. The van der Waals surface area contributed by atoms with E-state index in [1.54, 1.807) is 31.2 Å². The molecule has 0 aliphatic heterocycles. The Hall–Kier alpha value is -2.60. The van der Waals surface area contributed by atoms with E-state index in [9.17, 15) is 9.18 Å². The zero-order valence-electron chi connectivity index (χ0n) is 12.8. The predicted molar refractivity (Wildman–Crippen MR) is 87.4 cm³/mol. The summed E-state index contributed by atoms with van der Waals surface area (Å²) in [5, 5.41) is 2.61. The molecule has 0 fully saturated rings. The molecule has 0 saturated carbocycles. The molecular weight excluding hydrogens is 335 g/mol. The van der Waals surface area contributed by atoms with Crippen LogP contribution in [0.3, 0.4) is 0 Å². The first-order valence-corrected chi connectivity index (χ1v) is 7.71. The van der Waals surface area contributed by atoms with Gasteiger partial charge in [0.05, 0.1) is 10.6 Å². The normalized spacial score (nSPS) is 12.1. The average Bonchev–Trinajstić information content (AvgIpc) is 2.97. The van der Waals surface area contributed by atoms with Crippen LogP contribution in [0.1, 0.15) is 24.5 Å². The van der Waals surface area contributed by atoms with Crippen LogP contribution in [0, 0.1) is 5.82 Å². The highest BCUT2D eigenvalue weighted by Crippen LogP contribution is 2.34. The van der Waals surface area contributed by atoms with Crippen molar-refractivity contribution in [1.29, 1.82) is 0 Å². The molecule has 1 amide bonds. The maximum Gasteiger partial charge on any atom is 0.408 e. The monoisotopic (exact) mass is 348 g/mol. The van der Waals surface area contributed by atoms with E-state index < -0.39 is 18.0 Å². The standard InChI is InChI=1S/C17H14ClFN2O3/c1-2-20-17(22)24-15(14-10(18)6-5-7-11(14)19)16-21-12-8-3-4-9-13(12)23-16/h3-9,15H,2H2,1H3,(H,20,22). The van der Waals surface area contributed by atoms with Crippen LogP contribution in [0.25, 0.3) is 11.1 Å². The van der Waals surface area contributed by atoms with Crippen LogP contribution in [0.2, 0.25) is 5.02 Å². The Morgan fingerprint density at radius 2 is 2.12 bits per heavy atom. The molecule has 5 nitrogen and oxygen atoms in total. The van der Waals surface area contributed by atoms with Crippen LogP contribution < -0.4 is 5.32 Å². The van der Waals surface area contributed by atoms with Crippen molar-refractivity contribution in [1.82, 2.24) is 10.3 Å². The van der Waals surface area contributed by atoms with Crippen LogP contribution >= 0.6 is 11.6 Å². The largest absolute Gasteiger partial charge is 0.436 e. The number of nitrogens with one attached hydrogen (secondary N) is 1. The molecule has 3 rings (SSSR count). The highest BCUT2D eigenvalue weighted by Gasteiger charge is 2.29. The van der Waals surface area contributed by atoms with Crippen molar-refractivity contribution >= 4 is 28.8 Å². The van der Waals surface area contributed by atoms with E-state index in [-0.39, 0.29) is 16.5 Å². The van der Waals surface area contributed by atoms with E-state index in [1.807, 2.05) is 0 Å². The maximum absolute atomic E-state index is 14.3. The number of oxazole rings is 1. The summed E-state index contributed by atoms with van der Waals surface area (Å²) < 4.78 is 25.3. The number of carbonyl (C=O) groups excluding carboxylic acids is 1. The first-order valence-electron chi connectivity index (χ1n) is 7.34. The van der Waals surface area contributed by atoms with Crippen molar-refractivity contribution < 1.29 is 18.3 Å². The lowest BCUT2D eigenvalue weighted by Gasteiger charge is -2.17. The number of hydrogen-bond donors (Lipinski definition) is 1. The fourth-order valence-corrected chi connectivity index (χ4v) is 2.55. The molecule has 2 aromatic carbocycles. The van der Waals surface area contributed by atoms with Gasteiger partial charge in [-0.2, -0.15) is 0 Å². The summed E-state index contributed by atoms with van der Waals surface area (Å²) in [5.74, 6) is -0.562. The van der Waals surface area contributed by atoms with Gasteiger partial charge in [-0.15, -0.1) is 0 Å². The summed E-state index contributed by atoms with van der Waals surface area (Å²) in [6.45, 7) is 2.11. The van der Waals surface area contributed by atoms with Crippen LogP contribution in [-0.4, -0.2) is 17.6 Å². The van der Waals surface area contributed by atoms with E-state index in [2.05, 4.69) is 10.3 Å². The second kappa shape index (κ2) is 6.88. The predicted octanol–water partition coefficient (Wildman–Crippen LogP) is 4.46. The molecule has 0 spiro atoms. The molecule has 3 aromatic rings. The van der Waals surface area contributed by atoms with Crippen molar-refractivity contribution in [3.05, 3.63) is 64.8 Å². The van der Waals surface area contributed by atoms with Gasteiger partial charge in [0.15, 0.2) is 5.58 Å². The second-order valence-corrected chi connectivity index (χ2v) is 5.38. The number of amides is 1. The Kier molecular flexibility index (Phi) is 4.66. The summed E-state index contributed by atoms with van der Waals surface area (Å²) in [7, 11) is 0. The third-order valence-corrected chi connectivity index (χ3v) is 3.67. The van der Waals surface area contributed by atoms with E-state index in [0.717, 1.165) is 0 Å². The lowest BCUT2D eigenvalue weighted by atomic mass is 10.1. The Balaban J connectivity index is 2.09. The number of rotatable bonds is 4. The Labute approximate surface area is 142 Å². The Morgan fingerprint density at radius 3 is 2.83 bits per heavy atom. The number of benzene rings is 2. The molecule has 0 radical (unpaired) electrons. The van der Waals surface area contributed by atoms with Crippen molar-refractivity contribution in [2.75, 3.05) is 6.54 Å². The van der Waals surface area contributed by atoms with Gasteiger partial charge < -0.3 is 14.5 Å². The molecule has 7 heteroatoms. The zero-order valence-corrected chi connectivity index (χ0v) is 13.5. The minimum atomic E-state index is -1.20. The van der Waals surface area contributed by atoms with Gasteiger partial charge in [0, 0.05) is 6.54 Å². The van der Waals surface area contributed by atoms with Crippen LogP contribution in [0.5, 0.6) is 0 Å². The minimum absolute atomic E-state index is 0.00280. The van der Waals surface area contributed by atoms with Crippen LogP contribution in [-0.2, 0) is 4.74 Å². The van der Waals surface area contributed by atoms with Crippen molar-refractivity contribution in [2.24, 2.45) is 0 Å². The van der Waals surface area contributed by atoms with Gasteiger partial charge >= 0.3 is 6.09 Å². The molecular formula is C17H14ClFN2O3. The molecule has 0 aliphatic carbocycles. The van der Waals surface area contributed by atoms with E-state index in [4.69, 9.17) is 20.8 Å². The number of carbonyl (C=O) groups is 1. The van der Waals surface area contributed by atoms with Gasteiger partial charge in [0.1, 0.15) is 11.3 Å². The van der Waals surface area contributed by atoms with E-state index in [1.165, 1.54) is 18.2 Å². The molecule has 0 bridgehead atoms. The Bertz CT molecular complexity index is 828. The fraction of sp³-hybridized carbons (Fsp3) is 0.176. The smallest absolute Gasteiger partial charge is 0.408 e. The van der Waals surface area contributed by atoms with Crippen molar-refractivity contribution in [2.45, 2.75) is 13.0 Å². The van der Waals surface area contributed by atoms with Crippen LogP contribution in [0.15, 0.2) is 46.9 Å². The lowest BCUT2D eigenvalue weighted by molar-refractivity contribution is 0.102. The molecule has 1 unspecified atom stereocenters. The molecule has 1 atom stereocenters. The third kappa shape index (κ3) is 3.19. The first kappa shape index (κ1) is 16.3. The van der Waals surface area contributed by atoms with E-state index in [0.29, 0.717) is 17.6 Å². The maximum atomic E-state index is 14.3. The van der Waals surface area contributed by atoms with Crippen molar-refractivity contribution in [3.63, 3.8) is 0 Å². The van der Waals surface area contributed by atoms with Gasteiger partial charge in [0.2, 0.25) is 12.0 Å². The molecule has 124 valence electrons. The molecule has 1 heterocycles. The number of ether oxygens (including phenoxy) is 1. The van der Waals surface area contributed by atoms with Crippen molar-refractivity contribution in [3.8, 4) is 0 Å². The van der Waals surface area contributed by atoms with Gasteiger partial charge in [-0.3, -0.25) is 0 Å². The highest BCUT2D eigenvalue weighted by atomic mass is 35.5. The SMILES string of the molecule is CCNC(=O)OC(c1nc2ccccc2o1)c1c(F)cccc1Cl. The average molecular weight is 349 g/mol. The van der Waals surface area contributed by atoms with Crippen LogP contribution in [0.4, 0.5) is 9.18 Å². The molecule has 0 saturated heterocycles. The highest BCUT2D eigenvalue weighted by molar-refractivity contribution is 6.31. The fourth-order valence-electron chi connectivity index (χ4n) is 2.29. The number of hydrogen-bond acceptors (Lipinski definition) is 4. The summed E-state index contributed by atoms with van der Waals surface area (Å²) in [6, 6.07) is 11.3. The topological polar surface area (TPSA) is 64.4 Å². The summed E-state index contributed by atoms with van der Waals surface area (Å²) in [5.41, 5.74) is 1.07. The van der Waals surface area contributed by atoms with Gasteiger partial charge in [0.25, 0.3) is 0 Å². The lowest BCUT2D eigenvalue weighted by Crippen LogP contribution is -2.26. The minimum Gasteiger partial charge on any atom is -0.436 e. The summed E-state index contributed by atoms with van der Waals surface area (Å²) in [6.07, 6.45) is -1.92. The molecule has 24 heavy (non-hydrogen) atoms.